The number of rotatable bonds is 6. The number of benzene rings is 1. The van der Waals surface area contributed by atoms with E-state index in [1.807, 2.05) is 25.2 Å². The van der Waals surface area contributed by atoms with Crippen molar-refractivity contribution < 1.29 is 4.79 Å². The van der Waals surface area contributed by atoms with Gasteiger partial charge in [-0.15, -0.1) is 12.4 Å². The van der Waals surface area contributed by atoms with Gasteiger partial charge in [-0.25, -0.2) is 4.98 Å². The van der Waals surface area contributed by atoms with Gasteiger partial charge < -0.3 is 10.6 Å². The van der Waals surface area contributed by atoms with Gasteiger partial charge in [-0.2, -0.15) is 5.10 Å². The second kappa shape index (κ2) is 8.29. The highest BCUT2D eigenvalue weighted by Crippen LogP contribution is 2.18. The number of amides is 1. The molecule has 6 nitrogen and oxygen atoms in total. The third-order valence-corrected chi connectivity index (χ3v) is 2.73. The fourth-order valence-electron chi connectivity index (χ4n) is 1.79. The van der Waals surface area contributed by atoms with Crippen LogP contribution in [0.25, 0.3) is 11.4 Å². The minimum atomic E-state index is -0.0943. The predicted molar refractivity (Wildman–Crippen MR) is 79.9 cm³/mol. The van der Waals surface area contributed by atoms with Gasteiger partial charge in [0.2, 0.25) is 0 Å². The van der Waals surface area contributed by atoms with Crippen LogP contribution in [-0.4, -0.2) is 41.2 Å². The van der Waals surface area contributed by atoms with E-state index in [2.05, 4.69) is 25.8 Å². The second-order valence-electron chi connectivity index (χ2n) is 4.09. The van der Waals surface area contributed by atoms with Crippen molar-refractivity contribution in [1.29, 1.82) is 0 Å². The average molecular weight is 296 g/mol. The van der Waals surface area contributed by atoms with Crippen LogP contribution in [0.4, 0.5) is 0 Å². The normalized spacial score (nSPS) is 9.85. The summed E-state index contributed by atoms with van der Waals surface area (Å²) < 4.78 is 0. The summed E-state index contributed by atoms with van der Waals surface area (Å²) >= 11 is 0. The Balaban J connectivity index is 0.00000200. The highest BCUT2D eigenvalue weighted by molar-refractivity contribution is 6.00. The number of carbonyl (C=O) groups excluding carboxylic acids is 1. The van der Waals surface area contributed by atoms with Crippen LogP contribution in [0.2, 0.25) is 0 Å². The van der Waals surface area contributed by atoms with Gasteiger partial charge in [-0.05, 0) is 26.1 Å². The van der Waals surface area contributed by atoms with Crippen molar-refractivity contribution in [1.82, 2.24) is 25.8 Å². The molecule has 0 bridgehead atoms. The Hall–Kier alpha value is -1.92. The van der Waals surface area contributed by atoms with Crippen LogP contribution in [0, 0.1) is 0 Å². The van der Waals surface area contributed by atoms with E-state index in [-0.39, 0.29) is 18.3 Å². The van der Waals surface area contributed by atoms with Crippen LogP contribution < -0.4 is 10.6 Å². The Labute approximate surface area is 123 Å². The van der Waals surface area contributed by atoms with E-state index in [1.54, 1.807) is 6.07 Å². The Morgan fingerprint density at radius 2 is 2.10 bits per heavy atom. The standard InChI is InChI=1S/C13H17N5O.ClH/c1-14-7-4-8-15-13(19)11-6-3-2-5-10(11)12-16-9-17-18-12;/h2-3,5-6,9,14H,4,7-8H2,1H3,(H,15,19)(H,16,17,18);1H. The molecule has 0 aliphatic rings. The fourth-order valence-corrected chi connectivity index (χ4v) is 1.79. The third-order valence-electron chi connectivity index (χ3n) is 2.73. The highest BCUT2D eigenvalue weighted by Gasteiger charge is 2.13. The quantitative estimate of drug-likeness (QED) is 0.700. The lowest BCUT2D eigenvalue weighted by Gasteiger charge is -2.08. The molecule has 1 aromatic heterocycles. The zero-order valence-corrected chi connectivity index (χ0v) is 12.0. The third kappa shape index (κ3) is 4.04. The van der Waals surface area contributed by atoms with Gasteiger partial charge in [0, 0.05) is 12.1 Å². The molecule has 0 atom stereocenters. The molecule has 7 heteroatoms. The van der Waals surface area contributed by atoms with Gasteiger partial charge in [-0.3, -0.25) is 9.89 Å². The molecule has 2 rings (SSSR count). The topological polar surface area (TPSA) is 82.7 Å². The summed E-state index contributed by atoms with van der Waals surface area (Å²) in [5.41, 5.74) is 1.36. The lowest BCUT2D eigenvalue weighted by molar-refractivity contribution is 0.0954. The van der Waals surface area contributed by atoms with E-state index in [9.17, 15) is 4.79 Å². The van der Waals surface area contributed by atoms with Crippen molar-refractivity contribution >= 4 is 18.3 Å². The number of H-pyrrole nitrogens is 1. The van der Waals surface area contributed by atoms with E-state index in [1.165, 1.54) is 6.33 Å². The highest BCUT2D eigenvalue weighted by atomic mass is 35.5. The van der Waals surface area contributed by atoms with E-state index >= 15 is 0 Å². The van der Waals surface area contributed by atoms with Crippen molar-refractivity contribution in [2.24, 2.45) is 0 Å². The molecule has 0 unspecified atom stereocenters. The van der Waals surface area contributed by atoms with Crippen molar-refractivity contribution in [3.05, 3.63) is 36.2 Å². The molecule has 1 aromatic carbocycles. The van der Waals surface area contributed by atoms with Crippen LogP contribution >= 0.6 is 12.4 Å². The van der Waals surface area contributed by atoms with Gasteiger partial charge in [0.1, 0.15) is 6.33 Å². The second-order valence-corrected chi connectivity index (χ2v) is 4.09. The summed E-state index contributed by atoms with van der Waals surface area (Å²) in [6.45, 7) is 1.52. The maximum atomic E-state index is 12.1. The lowest BCUT2D eigenvalue weighted by Crippen LogP contribution is -2.27. The minimum Gasteiger partial charge on any atom is -0.352 e. The SMILES string of the molecule is CNCCCNC(=O)c1ccccc1-c1ncn[nH]1.Cl. The van der Waals surface area contributed by atoms with Gasteiger partial charge >= 0.3 is 0 Å². The maximum absolute atomic E-state index is 12.1. The largest absolute Gasteiger partial charge is 0.352 e. The molecule has 0 saturated heterocycles. The first-order chi connectivity index (χ1) is 9.33. The number of hydrogen-bond acceptors (Lipinski definition) is 4. The Kier molecular flexibility index (Phi) is 6.69. The van der Waals surface area contributed by atoms with Crippen LogP contribution in [0.1, 0.15) is 16.8 Å². The van der Waals surface area contributed by atoms with Crippen LogP contribution in [0.15, 0.2) is 30.6 Å². The molecule has 1 amide bonds. The van der Waals surface area contributed by atoms with Gasteiger partial charge in [-0.1, -0.05) is 18.2 Å². The zero-order valence-electron chi connectivity index (χ0n) is 11.2. The summed E-state index contributed by atoms with van der Waals surface area (Å²) in [4.78, 5) is 16.2. The number of carbonyl (C=O) groups is 1. The van der Waals surface area contributed by atoms with Gasteiger partial charge in [0.25, 0.3) is 5.91 Å². The maximum Gasteiger partial charge on any atom is 0.252 e. The molecular weight excluding hydrogens is 278 g/mol. The lowest BCUT2D eigenvalue weighted by atomic mass is 10.1. The summed E-state index contributed by atoms with van der Waals surface area (Å²) in [5, 5.41) is 12.5. The molecule has 1 heterocycles. The molecule has 20 heavy (non-hydrogen) atoms. The fraction of sp³-hybridized carbons (Fsp3) is 0.308. The first-order valence-electron chi connectivity index (χ1n) is 6.20. The predicted octanol–water partition coefficient (Wildman–Crippen LogP) is 1.23. The van der Waals surface area contributed by atoms with Crippen molar-refractivity contribution in [2.45, 2.75) is 6.42 Å². The molecule has 108 valence electrons. The van der Waals surface area contributed by atoms with Crippen LogP contribution in [-0.2, 0) is 0 Å². The monoisotopic (exact) mass is 295 g/mol. The van der Waals surface area contributed by atoms with Crippen LogP contribution in [0.3, 0.4) is 0 Å². The summed E-state index contributed by atoms with van der Waals surface area (Å²) in [7, 11) is 1.89. The van der Waals surface area contributed by atoms with Crippen LogP contribution in [0.5, 0.6) is 0 Å². The minimum absolute atomic E-state index is 0. The molecule has 2 aromatic rings. The number of nitrogens with zero attached hydrogens (tertiary/aromatic N) is 2. The van der Waals surface area contributed by atoms with Crippen molar-refractivity contribution in [3.63, 3.8) is 0 Å². The van der Waals surface area contributed by atoms with E-state index in [0.29, 0.717) is 17.9 Å². The van der Waals surface area contributed by atoms with E-state index in [4.69, 9.17) is 0 Å². The zero-order chi connectivity index (χ0) is 13.5. The first kappa shape index (κ1) is 16.1. The number of halogens is 1. The van der Waals surface area contributed by atoms with Gasteiger partial charge in [0.05, 0.1) is 5.56 Å². The molecule has 3 N–H and O–H groups in total. The number of aromatic nitrogens is 3. The number of nitrogens with one attached hydrogen (secondary N) is 3. The molecule has 0 radical (unpaired) electrons. The molecule has 0 fully saturated rings. The first-order valence-corrected chi connectivity index (χ1v) is 6.20. The van der Waals surface area contributed by atoms with E-state index in [0.717, 1.165) is 18.5 Å². The molecule has 0 aliphatic carbocycles. The Bertz CT molecular complexity index is 529. The van der Waals surface area contributed by atoms with Crippen molar-refractivity contribution in [2.75, 3.05) is 20.1 Å². The van der Waals surface area contributed by atoms with Gasteiger partial charge in [0.15, 0.2) is 5.82 Å². The molecular formula is C13H18ClN5O. The smallest absolute Gasteiger partial charge is 0.252 e. The Morgan fingerprint density at radius 3 is 2.80 bits per heavy atom. The van der Waals surface area contributed by atoms with Crippen molar-refractivity contribution in [3.8, 4) is 11.4 Å². The summed E-state index contributed by atoms with van der Waals surface area (Å²) in [6.07, 6.45) is 2.32. The number of aromatic amines is 1. The molecule has 0 saturated carbocycles. The Morgan fingerprint density at radius 1 is 1.30 bits per heavy atom. The van der Waals surface area contributed by atoms with E-state index < -0.39 is 0 Å². The molecule has 0 spiro atoms. The summed E-state index contributed by atoms with van der Waals surface area (Å²) in [5.74, 6) is 0.504. The molecule has 0 aliphatic heterocycles. The summed E-state index contributed by atoms with van der Waals surface area (Å²) in [6, 6.07) is 7.34. The average Bonchev–Trinajstić information content (AvgIpc) is 2.97. The number of hydrogen-bond donors (Lipinski definition) is 3.